The van der Waals surface area contributed by atoms with Crippen LogP contribution in [0.15, 0.2) is 18.3 Å². The van der Waals surface area contributed by atoms with Crippen molar-refractivity contribution in [3.05, 3.63) is 23.9 Å². The third kappa shape index (κ3) is 2.51. The molecule has 0 amide bonds. The zero-order chi connectivity index (χ0) is 12.4. The van der Waals surface area contributed by atoms with Crippen molar-refractivity contribution in [3.8, 4) is 0 Å². The highest BCUT2D eigenvalue weighted by molar-refractivity contribution is 5.37. The summed E-state index contributed by atoms with van der Waals surface area (Å²) < 4.78 is 0. The molecule has 1 atom stereocenters. The van der Waals surface area contributed by atoms with Gasteiger partial charge in [0.25, 0.3) is 0 Å². The van der Waals surface area contributed by atoms with Gasteiger partial charge in [-0.1, -0.05) is 18.9 Å². The molecular weight excluding hydrogens is 222 g/mol. The molecule has 3 nitrogen and oxygen atoms in total. The van der Waals surface area contributed by atoms with Gasteiger partial charge in [-0.3, -0.25) is 4.90 Å². The lowest BCUT2D eigenvalue weighted by molar-refractivity contribution is 0.317. The molecule has 18 heavy (non-hydrogen) atoms. The third-order valence-electron chi connectivity index (χ3n) is 4.40. The maximum absolute atomic E-state index is 4.58. The summed E-state index contributed by atoms with van der Waals surface area (Å²) in [6, 6.07) is 5.63. The maximum atomic E-state index is 4.58. The number of hydrogen-bond acceptors (Lipinski definition) is 3. The Morgan fingerprint density at radius 1 is 1.17 bits per heavy atom. The van der Waals surface area contributed by atoms with Crippen LogP contribution < -0.4 is 5.32 Å². The molecule has 2 fully saturated rings. The topological polar surface area (TPSA) is 28.2 Å². The van der Waals surface area contributed by atoms with Crippen LogP contribution in [0.5, 0.6) is 0 Å². The van der Waals surface area contributed by atoms with Crippen molar-refractivity contribution in [3.63, 3.8) is 0 Å². The van der Waals surface area contributed by atoms with E-state index in [1.807, 2.05) is 0 Å². The van der Waals surface area contributed by atoms with Crippen LogP contribution in [-0.4, -0.2) is 29.5 Å². The summed E-state index contributed by atoms with van der Waals surface area (Å²) in [6.07, 6.45) is 9.97. The standard InChI is InChI=1S/C15H23N3/c1-18-10-4-7-14(18)12-8-9-15(16-11-12)17-13-5-2-3-6-13/h8-9,11,13-14H,2-7,10H2,1H3,(H,16,17). The molecule has 0 spiro atoms. The van der Waals surface area contributed by atoms with Crippen LogP contribution in [0, 0.1) is 0 Å². The van der Waals surface area contributed by atoms with E-state index in [9.17, 15) is 0 Å². The summed E-state index contributed by atoms with van der Waals surface area (Å²) in [4.78, 5) is 7.02. The first-order valence-electron chi connectivity index (χ1n) is 7.25. The van der Waals surface area contributed by atoms with E-state index in [0.717, 1.165) is 5.82 Å². The Morgan fingerprint density at radius 2 is 2.00 bits per heavy atom. The average molecular weight is 245 g/mol. The second kappa shape index (κ2) is 5.27. The molecule has 1 aliphatic heterocycles. The Hall–Kier alpha value is -1.09. The van der Waals surface area contributed by atoms with Crippen LogP contribution in [-0.2, 0) is 0 Å². The Morgan fingerprint density at radius 3 is 2.61 bits per heavy atom. The molecule has 1 unspecified atom stereocenters. The van der Waals surface area contributed by atoms with E-state index < -0.39 is 0 Å². The fourth-order valence-electron chi connectivity index (χ4n) is 3.30. The van der Waals surface area contributed by atoms with E-state index in [-0.39, 0.29) is 0 Å². The summed E-state index contributed by atoms with van der Waals surface area (Å²) >= 11 is 0. The highest BCUT2D eigenvalue weighted by Crippen LogP contribution is 2.30. The van der Waals surface area contributed by atoms with Crippen LogP contribution in [0.2, 0.25) is 0 Å². The molecule has 2 aliphatic rings. The minimum Gasteiger partial charge on any atom is -0.367 e. The smallest absolute Gasteiger partial charge is 0.126 e. The minimum atomic E-state index is 0.582. The molecule has 0 radical (unpaired) electrons. The van der Waals surface area contributed by atoms with E-state index in [2.05, 4.69) is 40.6 Å². The molecule has 98 valence electrons. The molecule has 1 N–H and O–H groups in total. The second-order valence-corrected chi connectivity index (χ2v) is 5.74. The van der Waals surface area contributed by atoms with Crippen LogP contribution >= 0.6 is 0 Å². The molecule has 0 aromatic carbocycles. The molecule has 2 heterocycles. The number of nitrogens with zero attached hydrogens (tertiary/aromatic N) is 2. The average Bonchev–Trinajstić information content (AvgIpc) is 3.02. The predicted octanol–water partition coefficient (Wildman–Crippen LogP) is 3.20. The van der Waals surface area contributed by atoms with Crippen molar-refractivity contribution in [2.75, 3.05) is 18.9 Å². The molecule has 1 aromatic rings. The Balaban J connectivity index is 1.64. The lowest BCUT2D eigenvalue weighted by Crippen LogP contribution is -2.18. The molecule has 1 saturated carbocycles. The van der Waals surface area contributed by atoms with Gasteiger partial charge in [0.1, 0.15) is 5.82 Å². The first-order valence-corrected chi connectivity index (χ1v) is 7.25. The number of rotatable bonds is 3. The Labute approximate surface area is 110 Å². The summed E-state index contributed by atoms with van der Waals surface area (Å²) in [6.45, 7) is 1.22. The van der Waals surface area contributed by atoms with Gasteiger partial charge in [-0.05, 0) is 50.9 Å². The van der Waals surface area contributed by atoms with Crippen molar-refractivity contribution in [2.24, 2.45) is 0 Å². The highest BCUT2D eigenvalue weighted by atomic mass is 15.1. The van der Waals surface area contributed by atoms with Crippen molar-refractivity contribution < 1.29 is 0 Å². The van der Waals surface area contributed by atoms with Gasteiger partial charge in [0.15, 0.2) is 0 Å². The second-order valence-electron chi connectivity index (χ2n) is 5.74. The van der Waals surface area contributed by atoms with Gasteiger partial charge in [-0.15, -0.1) is 0 Å². The van der Waals surface area contributed by atoms with E-state index in [1.54, 1.807) is 0 Å². The number of aromatic nitrogens is 1. The predicted molar refractivity (Wildman–Crippen MR) is 74.7 cm³/mol. The molecule has 1 aromatic heterocycles. The fraction of sp³-hybridized carbons (Fsp3) is 0.667. The quantitative estimate of drug-likeness (QED) is 0.886. The van der Waals surface area contributed by atoms with Crippen molar-refractivity contribution in [1.82, 2.24) is 9.88 Å². The molecule has 3 rings (SSSR count). The first kappa shape index (κ1) is 12.0. The monoisotopic (exact) mass is 245 g/mol. The largest absolute Gasteiger partial charge is 0.367 e. The summed E-state index contributed by atoms with van der Waals surface area (Å²) in [7, 11) is 2.21. The van der Waals surface area contributed by atoms with Gasteiger partial charge in [-0.25, -0.2) is 4.98 Å². The molecule has 1 saturated heterocycles. The summed E-state index contributed by atoms with van der Waals surface area (Å²) in [5.41, 5.74) is 1.37. The molecule has 1 aliphatic carbocycles. The number of pyridine rings is 1. The van der Waals surface area contributed by atoms with Gasteiger partial charge in [0, 0.05) is 18.3 Å². The van der Waals surface area contributed by atoms with E-state index >= 15 is 0 Å². The van der Waals surface area contributed by atoms with Gasteiger partial charge in [0.05, 0.1) is 0 Å². The molecule has 0 bridgehead atoms. The Kier molecular flexibility index (Phi) is 3.50. The maximum Gasteiger partial charge on any atom is 0.126 e. The lowest BCUT2D eigenvalue weighted by Gasteiger charge is -2.20. The minimum absolute atomic E-state index is 0.582. The third-order valence-corrected chi connectivity index (χ3v) is 4.40. The van der Waals surface area contributed by atoms with Crippen LogP contribution in [0.25, 0.3) is 0 Å². The van der Waals surface area contributed by atoms with Crippen LogP contribution in [0.3, 0.4) is 0 Å². The first-order chi connectivity index (χ1) is 8.83. The van der Waals surface area contributed by atoms with Gasteiger partial charge >= 0.3 is 0 Å². The highest BCUT2D eigenvalue weighted by Gasteiger charge is 2.22. The lowest BCUT2D eigenvalue weighted by atomic mass is 10.1. The number of hydrogen-bond donors (Lipinski definition) is 1. The van der Waals surface area contributed by atoms with Gasteiger partial charge in [-0.2, -0.15) is 0 Å². The van der Waals surface area contributed by atoms with E-state index in [0.29, 0.717) is 12.1 Å². The van der Waals surface area contributed by atoms with E-state index in [1.165, 1.54) is 50.6 Å². The van der Waals surface area contributed by atoms with Crippen molar-refractivity contribution >= 4 is 5.82 Å². The van der Waals surface area contributed by atoms with Gasteiger partial charge < -0.3 is 5.32 Å². The van der Waals surface area contributed by atoms with Crippen LogP contribution in [0.4, 0.5) is 5.82 Å². The number of nitrogens with one attached hydrogen (secondary N) is 1. The van der Waals surface area contributed by atoms with Crippen LogP contribution in [0.1, 0.15) is 50.1 Å². The number of likely N-dealkylation sites (tertiary alicyclic amines) is 1. The van der Waals surface area contributed by atoms with Gasteiger partial charge in [0.2, 0.25) is 0 Å². The zero-order valence-electron chi connectivity index (χ0n) is 11.2. The zero-order valence-corrected chi connectivity index (χ0v) is 11.2. The Bertz CT molecular complexity index is 381. The van der Waals surface area contributed by atoms with E-state index in [4.69, 9.17) is 0 Å². The SMILES string of the molecule is CN1CCCC1c1ccc(NC2CCCC2)nc1. The molecule has 3 heteroatoms. The number of anilines is 1. The van der Waals surface area contributed by atoms with Crippen molar-refractivity contribution in [2.45, 2.75) is 50.6 Å². The summed E-state index contributed by atoms with van der Waals surface area (Å²) in [5, 5.41) is 3.55. The molecular formula is C15H23N3. The normalized spacial score (nSPS) is 25.7. The fourth-order valence-corrected chi connectivity index (χ4v) is 3.30. The summed E-state index contributed by atoms with van der Waals surface area (Å²) in [5.74, 6) is 1.05. The van der Waals surface area contributed by atoms with Crippen molar-refractivity contribution in [1.29, 1.82) is 0 Å².